The number of hydrogen-bond donors (Lipinski definition) is 0. The summed E-state index contributed by atoms with van der Waals surface area (Å²) in [6.45, 7) is 6.62. The Morgan fingerprint density at radius 2 is 2.20 bits per heavy atom. The molecule has 2 aliphatic heterocycles. The second-order valence-electron chi connectivity index (χ2n) is 4.73. The zero-order valence-corrected chi connectivity index (χ0v) is 11.3. The molecule has 1 aromatic carbocycles. The predicted molar refractivity (Wildman–Crippen MR) is 70.5 cm³/mol. The normalized spacial score (nSPS) is 23.9. The van der Waals surface area contributed by atoms with Gasteiger partial charge in [-0.15, -0.1) is 0 Å². The standard InChI is InChI=1S/C15H16O5/c1-3-17-15(16)13-9(2)7-18-14(13)10-4-5-11-12(6-10)20-8-19-11/h4-6,13-14H,2-3,7-8H2,1H3. The van der Waals surface area contributed by atoms with Crippen LogP contribution in [0.3, 0.4) is 0 Å². The van der Waals surface area contributed by atoms with Crippen molar-refractivity contribution in [2.75, 3.05) is 20.0 Å². The number of rotatable bonds is 3. The SMILES string of the molecule is C=C1COC(c2ccc3c(c2)OCO3)C1C(=O)OCC. The van der Waals surface area contributed by atoms with E-state index >= 15 is 0 Å². The summed E-state index contributed by atoms with van der Waals surface area (Å²) in [5.74, 6) is 0.623. The summed E-state index contributed by atoms with van der Waals surface area (Å²) in [6, 6.07) is 5.55. The molecule has 0 spiro atoms. The Morgan fingerprint density at radius 1 is 1.40 bits per heavy atom. The van der Waals surface area contributed by atoms with Gasteiger partial charge in [0.15, 0.2) is 11.5 Å². The Hall–Kier alpha value is -2.01. The van der Waals surface area contributed by atoms with Gasteiger partial charge >= 0.3 is 5.97 Å². The lowest BCUT2D eigenvalue weighted by molar-refractivity contribution is -0.148. The van der Waals surface area contributed by atoms with Crippen molar-refractivity contribution >= 4 is 5.97 Å². The lowest BCUT2D eigenvalue weighted by Crippen LogP contribution is -2.22. The number of esters is 1. The Balaban J connectivity index is 1.88. The molecule has 2 atom stereocenters. The van der Waals surface area contributed by atoms with Crippen LogP contribution in [-0.2, 0) is 14.3 Å². The van der Waals surface area contributed by atoms with E-state index in [4.69, 9.17) is 18.9 Å². The zero-order chi connectivity index (χ0) is 14.1. The first-order valence-corrected chi connectivity index (χ1v) is 6.56. The van der Waals surface area contributed by atoms with Crippen LogP contribution in [0.2, 0.25) is 0 Å². The lowest BCUT2D eigenvalue weighted by atomic mass is 9.92. The van der Waals surface area contributed by atoms with Gasteiger partial charge in [-0.05, 0) is 30.2 Å². The molecule has 1 aromatic rings. The maximum absolute atomic E-state index is 12.1. The highest BCUT2D eigenvalue weighted by Gasteiger charge is 2.39. The number of carbonyl (C=O) groups excluding carboxylic acids is 1. The highest BCUT2D eigenvalue weighted by atomic mass is 16.7. The van der Waals surface area contributed by atoms with Crippen molar-refractivity contribution in [2.45, 2.75) is 13.0 Å². The fourth-order valence-corrected chi connectivity index (χ4v) is 2.50. The smallest absolute Gasteiger partial charge is 0.316 e. The van der Waals surface area contributed by atoms with E-state index in [-0.39, 0.29) is 18.9 Å². The molecule has 1 saturated heterocycles. The molecular formula is C15H16O5. The third kappa shape index (κ3) is 2.14. The molecule has 0 N–H and O–H groups in total. The van der Waals surface area contributed by atoms with Crippen molar-refractivity contribution in [3.8, 4) is 11.5 Å². The Kier molecular flexibility index (Phi) is 3.36. The van der Waals surface area contributed by atoms with Crippen molar-refractivity contribution < 1.29 is 23.7 Å². The minimum atomic E-state index is -0.463. The van der Waals surface area contributed by atoms with Gasteiger partial charge in [-0.25, -0.2) is 0 Å². The van der Waals surface area contributed by atoms with Crippen LogP contribution in [0.25, 0.3) is 0 Å². The molecule has 2 aliphatic rings. The van der Waals surface area contributed by atoms with E-state index < -0.39 is 5.92 Å². The van der Waals surface area contributed by atoms with Gasteiger partial charge in [-0.3, -0.25) is 4.79 Å². The van der Waals surface area contributed by atoms with Crippen LogP contribution in [0.1, 0.15) is 18.6 Å². The van der Waals surface area contributed by atoms with Gasteiger partial charge < -0.3 is 18.9 Å². The molecule has 0 bridgehead atoms. The molecule has 5 nitrogen and oxygen atoms in total. The number of hydrogen-bond acceptors (Lipinski definition) is 5. The van der Waals surface area contributed by atoms with Crippen LogP contribution in [-0.4, -0.2) is 26.0 Å². The summed E-state index contributed by atoms with van der Waals surface area (Å²) in [5.41, 5.74) is 1.61. The van der Waals surface area contributed by atoms with Gasteiger partial charge in [0.05, 0.1) is 13.2 Å². The average Bonchev–Trinajstić information content (AvgIpc) is 3.04. The fourth-order valence-electron chi connectivity index (χ4n) is 2.50. The third-order valence-corrected chi connectivity index (χ3v) is 3.46. The summed E-state index contributed by atoms with van der Waals surface area (Å²) < 4.78 is 21.4. The Bertz CT molecular complexity index is 551. The van der Waals surface area contributed by atoms with E-state index in [2.05, 4.69) is 6.58 Å². The maximum atomic E-state index is 12.1. The predicted octanol–water partition coefficient (Wildman–Crippen LogP) is 2.22. The fraction of sp³-hybridized carbons (Fsp3) is 0.400. The highest BCUT2D eigenvalue weighted by Crippen LogP contribution is 2.42. The molecule has 0 amide bonds. The van der Waals surface area contributed by atoms with E-state index in [1.165, 1.54) is 0 Å². The number of benzene rings is 1. The molecule has 0 aromatic heterocycles. The maximum Gasteiger partial charge on any atom is 0.316 e. The number of ether oxygens (including phenoxy) is 4. The monoisotopic (exact) mass is 276 g/mol. The minimum Gasteiger partial charge on any atom is -0.465 e. The second-order valence-corrected chi connectivity index (χ2v) is 4.73. The molecule has 0 aliphatic carbocycles. The largest absolute Gasteiger partial charge is 0.465 e. The summed E-state index contributed by atoms with van der Waals surface area (Å²) in [5, 5.41) is 0. The van der Waals surface area contributed by atoms with E-state index in [0.29, 0.717) is 24.7 Å². The molecule has 20 heavy (non-hydrogen) atoms. The topological polar surface area (TPSA) is 54.0 Å². The van der Waals surface area contributed by atoms with Crippen LogP contribution in [0.4, 0.5) is 0 Å². The Morgan fingerprint density at radius 3 is 3.00 bits per heavy atom. The summed E-state index contributed by atoms with van der Waals surface area (Å²) in [6.07, 6.45) is -0.379. The third-order valence-electron chi connectivity index (χ3n) is 3.46. The highest BCUT2D eigenvalue weighted by molar-refractivity contribution is 5.77. The van der Waals surface area contributed by atoms with Crippen molar-refractivity contribution in [3.05, 3.63) is 35.9 Å². The van der Waals surface area contributed by atoms with Crippen molar-refractivity contribution in [1.82, 2.24) is 0 Å². The Labute approximate surface area is 117 Å². The van der Waals surface area contributed by atoms with Gasteiger partial charge in [0.2, 0.25) is 6.79 Å². The van der Waals surface area contributed by atoms with Crippen LogP contribution < -0.4 is 9.47 Å². The summed E-state index contributed by atoms with van der Waals surface area (Å²) >= 11 is 0. The van der Waals surface area contributed by atoms with Crippen molar-refractivity contribution in [3.63, 3.8) is 0 Å². The van der Waals surface area contributed by atoms with Crippen LogP contribution in [0.15, 0.2) is 30.4 Å². The van der Waals surface area contributed by atoms with Gasteiger partial charge in [0.25, 0.3) is 0 Å². The first-order valence-electron chi connectivity index (χ1n) is 6.56. The molecule has 5 heteroatoms. The first kappa shape index (κ1) is 13.0. The van der Waals surface area contributed by atoms with E-state index in [9.17, 15) is 4.79 Å². The van der Waals surface area contributed by atoms with Gasteiger partial charge in [-0.2, -0.15) is 0 Å². The first-order chi connectivity index (χ1) is 9.70. The van der Waals surface area contributed by atoms with Gasteiger partial charge in [0.1, 0.15) is 12.0 Å². The summed E-state index contributed by atoms with van der Waals surface area (Å²) in [4.78, 5) is 12.1. The van der Waals surface area contributed by atoms with E-state index in [1.807, 2.05) is 18.2 Å². The lowest BCUT2D eigenvalue weighted by Gasteiger charge is -2.18. The van der Waals surface area contributed by atoms with Gasteiger partial charge in [-0.1, -0.05) is 12.6 Å². The second kappa shape index (κ2) is 5.17. The van der Waals surface area contributed by atoms with Crippen LogP contribution >= 0.6 is 0 Å². The molecule has 2 heterocycles. The zero-order valence-electron chi connectivity index (χ0n) is 11.3. The van der Waals surface area contributed by atoms with Gasteiger partial charge in [0, 0.05) is 0 Å². The summed E-state index contributed by atoms with van der Waals surface area (Å²) in [7, 11) is 0. The number of fused-ring (bicyclic) bond motifs is 1. The van der Waals surface area contributed by atoms with Crippen LogP contribution in [0, 0.1) is 5.92 Å². The average molecular weight is 276 g/mol. The number of carbonyl (C=O) groups is 1. The van der Waals surface area contributed by atoms with Crippen molar-refractivity contribution in [1.29, 1.82) is 0 Å². The molecule has 0 saturated carbocycles. The molecule has 2 unspecified atom stereocenters. The van der Waals surface area contributed by atoms with E-state index in [1.54, 1.807) is 6.92 Å². The van der Waals surface area contributed by atoms with Crippen molar-refractivity contribution in [2.24, 2.45) is 5.92 Å². The quantitative estimate of drug-likeness (QED) is 0.626. The van der Waals surface area contributed by atoms with Crippen LogP contribution in [0.5, 0.6) is 11.5 Å². The molecule has 1 fully saturated rings. The van der Waals surface area contributed by atoms with E-state index in [0.717, 1.165) is 11.1 Å². The molecule has 106 valence electrons. The molecular weight excluding hydrogens is 260 g/mol. The molecule has 3 rings (SSSR count). The minimum absolute atomic E-state index is 0.221. The molecule has 0 radical (unpaired) electrons.